The minimum absolute atomic E-state index is 0.187. The molecule has 0 atom stereocenters. The first kappa shape index (κ1) is 22.4. The van der Waals surface area contributed by atoms with Crippen molar-refractivity contribution in [3.63, 3.8) is 0 Å². The Balaban J connectivity index is 1.51. The van der Waals surface area contributed by atoms with E-state index in [-0.39, 0.29) is 10.8 Å². The highest BCUT2D eigenvalue weighted by molar-refractivity contribution is 7.21. The molecule has 0 unspecified atom stereocenters. The predicted molar refractivity (Wildman–Crippen MR) is 129 cm³/mol. The molecule has 3 heterocycles. The van der Waals surface area contributed by atoms with Crippen molar-refractivity contribution in [3.8, 4) is 16.5 Å². The molecule has 4 rings (SSSR count). The van der Waals surface area contributed by atoms with Crippen molar-refractivity contribution in [3.05, 3.63) is 59.8 Å². The molecule has 0 spiro atoms. The van der Waals surface area contributed by atoms with E-state index in [1.807, 2.05) is 55.5 Å². The van der Waals surface area contributed by atoms with E-state index in [1.165, 1.54) is 0 Å². The van der Waals surface area contributed by atoms with E-state index in [2.05, 4.69) is 20.3 Å². The lowest BCUT2D eigenvalue weighted by Crippen LogP contribution is -2.16. The van der Waals surface area contributed by atoms with Crippen molar-refractivity contribution in [2.24, 2.45) is 5.73 Å². The smallest absolute Gasteiger partial charge is 0.397 e. The van der Waals surface area contributed by atoms with Crippen LogP contribution in [-0.4, -0.2) is 34.2 Å². The second-order valence-corrected chi connectivity index (χ2v) is 8.24. The van der Waals surface area contributed by atoms with Crippen LogP contribution in [0.5, 0.6) is 5.06 Å². The number of primary amides is 1. The molecular formula is C23H24N6O3S. The van der Waals surface area contributed by atoms with E-state index in [4.69, 9.17) is 20.9 Å². The number of carbonyl (C=O) groups excluding carboxylic acids is 1. The minimum Gasteiger partial charge on any atom is -0.397 e. The summed E-state index contributed by atoms with van der Waals surface area (Å²) in [6, 6.07) is 15.7. The first-order valence-corrected chi connectivity index (χ1v) is 11.2. The number of benzene rings is 1. The largest absolute Gasteiger partial charge is 0.410 e. The fourth-order valence-corrected chi connectivity index (χ4v) is 4.20. The maximum atomic E-state index is 11.3. The molecule has 0 saturated heterocycles. The Kier molecular flexibility index (Phi) is 6.96. The molecule has 0 fully saturated rings. The summed E-state index contributed by atoms with van der Waals surface area (Å²) < 4.78 is 10.8. The summed E-state index contributed by atoms with van der Waals surface area (Å²) in [6.07, 6.45) is -0.167. The number of amides is 1. The Morgan fingerprint density at radius 1 is 1.09 bits per heavy atom. The number of pyridine rings is 1. The van der Waals surface area contributed by atoms with E-state index in [9.17, 15) is 4.79 Å². The lowest BCUT2D eigenvalue weighted by Gasteiger charge is -2.09. The van der Waals surface area contributed by atoms with Crippen LogP contribution in [0.15, 0.2) is 48.5 Å². The molecule has 9 nitrogen and oxygen atoms in total. The summed E-state index contributed by atoms with van der Waals surface area (Å²) in [5.41, 5.74) is 14.9. The number of nitrogen functional groups attached to an aromatic ring is 1. The molecule has 5 N–H and O–H groups in total. The third kappa shape index (κ3) is 5.54. The van der Waals surface area contributed by atoms with Crippen LogP contribution < -0.4 is 21.5 Å². The maximum absolute atomic E-state index is 11.3. The summed E-state index contributed by atoms with van der Waals surface area (Å²) in [4.78, 5) is 25.6. The van der Waals surface area contributed by atoms with Gasteiger partial charge >= 0.3 is 6.09 Å². The first-order valence-electron chi connectivity index (χ1n) is 10.4. The van der Waals surface area contributed by atoms with Gasteiger partial charge in [0.15, 0.2) is 0 Å². The van der Waals surface area contributed by atoms with Crippen LogP contribution in [-0.2, 0) is 11.3 Å². The number of nitrogens with two attached hydrogens (primary N) is 2. The number of nitrogens with one attached hydrogen (secondary N) is 1. The van der Waals surface area contributed by atoms with Crippen molar-refractivity contribution in [1.29, 1.82) is 0 Å². The van der Waals surface area contributed by atoms with Gasteiger partial charge in [0.25, 0.3) is 0 Å². The molecule has 33 heavy (non-hydrogen) atoms. The van der Waals surface area contributed by atoms with Gasteiger partial charge in [0.2, 0.25) is 11.0 Å². The standard InChI is InChI=1S/C23H24N6O3S/c1-14-7-5-10-16(27-14)19-17-18(24)21(32-22(25)30)33-20(17)29-23(28-19)26-11-6-12-31-13-15-8-3-2-4-9-15/h2-5,7-10H,6,11-13,24H2,1H3,(H2,25,30)(H,26,28,29). The lowest BCUT2D eigenvalue weighted by atomic mass is 10.1. The minimum atomic E-state index is -0.940. The number of thiophene rings is 1. The Morgan fingerprint density at radius 2 is 1.91 bits per heavy atom. The number of rotatable bonds is 9. The van der Waals surface area contributed by atoms with E-state index in [1.54, 1.807) is 0 Å². The number of fused-ring (bicyclic) bond motifs is 1. The molecule has 1 aromatic carbocycles. The van der Waals surface area contributed by atoms with Gasteiger partial charge < -0.3 is 26.3 Å². The van der Waals surface area contributed by atoms with E-state index in [0.29, 0.717) is 47.3 Å². The monoisotopic (exact) mass is 464 g/mol. The summed E-state index contributed by atoms with van der Waals surface area (Å²) in [6.45, 7) is 3.68. The summed E-state index contributed by atoms with van der Waals surface area (Å²) >= 11 is 1.13. The highest BCUT2D eigenvalue weighted by Crippen LogP contribution is 2.43. The third-order valence-electron chi connectivity index (χ3n) is 4.74. The number of ether oxygens (including phenoxy) is 2. The van der Waals surface area contributed by atoms with Crippen LogP contribution in [0.3, 0.4) is 0 Å². The second-order valence-electron chi connectivity index (χ2n) is 7.28. The molecule has 4 aromatic rings. The Labute approximate surface area is 194 Å². The van der Waals surface area contributed by atoms with E-state index >= 15 is 0 Å². The van der Waals surface area contributed by atoms with Crippen LogP contribution in [0.25, 0.3) is 21.6 Å². The predicted octanol–water partition coefficient (Wildman–Crippen LogP) is 4.12. The van der Waals surface area contributed by atoms with Gasteiger partial charge in [0.05, 0.1) is 23.4 Å². The van der Waals surface area contributed by atoms with Crippen molar-refractivity contribution in [1.82, 2.24) is 15.0 Å². The average molecular weight is 465 g/mol. The molecule has 0 saturated carbocycles. The zero-order valence-electron chi connectivity index (χ0n) is 18.1. The van der Waals surface area contributed by atoms with Gasteiger partial charge in [-0.2, -0.15) is 0 Å². The van der Waals surface area contributed by atoms with E-state index in [0.717, 1.165) is 29.0 Å². The topological polar surface area (TPSA) is 138 Å². The quantitative estimate of drug-likeness (QED) is 0.314. The average Bonchev–Trinajstić information content (AvgIpc) is 3.10. The Bertz CT molecular complexity index is 1260. The zero-order chi connectivity index (χ0) is 23.2. The number of hydrogen-bond donors (Lipinski definition) is 3. The highest BCUT2D eigenvalue weighted by Gasteiger charge is 2.21. The van der Waals surface area contributed by atoms with Gasteiger partial charge in [0.1, 0.15) is 10.5 Å². The van der Waals surface area contributed by atoms with Gasteiger partial charge in [-0.3, -0.25) is 4.98 Å². The van der Waals surface area contributed by atoms with Gasteiger partial charge in [0, 0.05) is 18.8 Å². The molecule has 0 bridgehead atoms. The van der Waals surface area contributed by atoms with Crippen molar-refractivity contribution in [2.45, 2.75) is 20.0 Å². The zero-order valence-corrected chi connectivity index (χ0v) is 18.9. The molecular weight excluding hydrogens is 440 g/mol. The molecule has 170 valence electrons. The van der Waals surface area contributed by atoms with Crippen molar-refractivity contribution in [2.75, 3.05) is 24.2 Å². The summed E-state index contributed by atoms with van der Waals surface area (Å²) in [7, 11) is 0. The van der Waals surface area contributed by atoms with Gasteiger partial charge in [-0.25, -0.2) is 14.8 Å². The van der Waals surface area contributed by atoms with Gasteiger partial charge in [-0.15, -0.1) is 0 Å². The van der Waals surface area contributed by atoms with Crippen LogP contribution in [0.2, 0.25) is 0 Å². The summed E-state index contributed by atoms with van der Waals surface area (Å²) in [5.74, 6) is 0.427. The highest BCUT2D eigenvalue weighted by atomic mass is 32.1. The van der Waals surface area contributed by atoms with Gasteiger partial charge in [-0.05, 0) is 31.0 Å². The SMILES string of the molecule is Cc1cccc(-c2nc(NCCCOCc3ccccc3)nc3sc(OC(N)=O)c(N)c23)n1. The molecule has 0 aliphatic heterocycles. The number of hydrogen-bond acceptors (Lipinski definition) is 9. The van der Waals surface area contributed by atoms with E-state index < -0.39 is 6.09 Å². The number of carbonyl (C=O) groups is 1. The van der Waals surface area contributed by atoms with Crippen LogP contribution in [0.1, 0.15) is 17.7 Å². The molecule has 10 heteroatoms. The summed E-state index contributed by atoms with van der Waals surface area (Å²) in [5, 5.41) is 4.00. The first-order chi connectivity index (χ1) is 16.0. The Hall–Kier alpha value is -3.76. The Morgan fingerprint density at radius 3 is 2.67 bits per heavy atom. The lowest BCUT2D eigenvalue weighted by molar-refractivity contribution is 0.120. The maximum Gasteiger partial charge on any atom is 0.410 e. The number of aromatic nitrogens is 3. The van der Waals surface area contributed by atoms with Crippen molar-refractivity contribution >= 4 is 39.3 Å². The fraction of sp³-hybridized carbons (Fsp3) is 0.217. The van der Waals surface area contributed by atoms with Crippen LogP contribution in [0.4, 0.5) is 16.4 Å². The number of nitrogens with zero attached hydrogens (tertiary/aromatic N) is 3. The van der Waals surface area contributed by atoms with Crippen molar-refractivity contribution < 1.29 is 14.3 Å². The fourth-order valence-electron chi connectivity index (χ4n) is 3.25. The molecule has 3 aromatic heterocycles. The molecule has 0 aliphatic rings. The van der Waals surface area contributed by atoms with Gasteiger partial charge in [-0.1, -0.05) is 47.7 Å². The molecule has 1 amide bonds. The molecule has 0 radical (unpaired) electrons. The third-order valence-corrected chi connectivity index (χ3v) is 5.72. The number of anilines is 2. The second kappa shape index (κ2) is 10.2. The van der Waals surface area contributed by atoms with Crippen LogP contribution >= 0.6 is 11.3 Å². The normalized spacial score (nSPS) is 10.9. The van der Waals surface area contributed by atoms with Crippen LogP contribution in [0, 0.1) is 6.92 Å². The number of aryl methyl sites for hydroxylation is 1. The molecule has 0 aliphatic carbocycles.